The van der Waals surface area contributed by atoms with Crippen LogP contribution < -0.4 is 0 Å². The molecule has 0 unspecified atom stereocenters. The molecule has 0 atom stereocenters. The molecule has 3 nitrogen and oxygen atoms in total. The molecule has 0 aliphatic heterocycles. The summed E-state index contributed by atoms with van der Waals surface area (Å²) < 4.78 is 0. The minimum atomic E-state index is 0.191. The van der Waals surface area contributed by atoms with Gasteiger partial charge in [-0.05, 0) is 0 Å². The monoisotopic (exact) mass is 98.0 g/mol. The Morgan fingerprint density at radius 1 is 2.00 bits per heavy atom. The van der Waals surface area contributed by atoms with Gasteiger partial charge >= 0.3 is 0 Å². The molecule has 0 radical (unpaired) electrons. The van der Waals surface area contributed by atoms with Crippen molar-refractivity contribution in [2.24, 2.45) is 0 Å². The van der Waals surface area contributed by atoms with Gasteiger partial charge in [-0.25, -0.2) is 0 Å². The average molecular weight is 98.1 g/mol. The van der Waals surface area contributed by atoms with Crippen LogP contribution in [0.25, 0.3) is 0 Å². The van der Waals surface area contributed by atoms with Crippen LogP contribution in [0.5, 0.6) is 0 Å². The quantitative estimate of drug-likeness (QED) is 0.268. The van der Waals surface area contributed by atoms with Crippen molar-refractivity contribution in [2.75, 3.05) is 13.6 Å². The first-order chi connectivity index (χ1) is 3.31. The summed E-state index contributed by atoms with van der Waals surface area (Å²) in [7, 11) is 1.55. The van der Waals surface area contributed by atoms with Crippen LogP contribution in [0.2, 0.25) is 0 Å². The standard InChI is InChI=1S/C4H6N2O/c1-6(4-5)2-3-7/h3H,2H2,1H3. The number of carbonyl (C=O) groups is 1. The summed E-state index contributed by atoms with van der Waals surface area (Å²) in [5.74, 6) is 0. The Morgan fingerprint density at radius 2 is 2.57 bits per heavy atom. The lowest BCUT2D eigenvalue weighted by molar-refractivity contribution is -0.108. The van der Waals surface area contributed by atoms with Gasteiger partial charge in [0.25, 0.3) is 0 Å². The molecule has 0 heterocycles. The molecule has 0 aromatic carbocycles. The van der Waals surface area contributed by atoms with Gasteiger partial charge in [0.2, 0.25) is 0 Å². The number of likely N-dealkylation sites (N-methyl/N-ethyl adjacent to an activating group) is 1. The van der Waals surface area contributed by atoms with E-state index in [1.807, 2.05) is 0 Å². The SMILES string of the molecule is CN(C#N)CC=O. The van der Waals surface area contributed by atoms with Crippen LogP contribution in [0.3, 0.4) is 0 Å². The molecule has 0 aliphatic rings. The zero-order chi connectivity index (χ0) is 5.70. The predicted molar refractivity (Wildman–Crippen MR) is 24.3 cm³/mol. The molecule has 0 spiro atoms. The first kappa shape index (κ1) is 5.96. The summed E-state index contributed by atoms with van der Waals surface area (Å²) in [5, 5.41) is 7.98. The average Bonchev–Trinajstić information content (AvgIpc) is 1.68. The van der Waals surface area contributed by atoms with Crippen LogP contribution in [0, 0.1) is 11.5 Å². The lowest BCUT2D eigenvalue weighted by Crippen LogP contribution is -2.12. The molecule has 0 bridgehead atoms. The summed E-state index contributed by atoms with van der Waals surface area (Å²) in [6, 6.07) is 0. The molecule has 7 heavy (non-hydrogen) atoms. The highest BCUT2D eigenvalue weighted by Gasteiger charge is 1.84. The van der Waals surface area contributed by atoms with Gasteiger partial charge in [0.1, 0.15) is 6.29 Å². The Bertz CT molecular complexity index is 94.4. The zero-order valence-corrected chi connectivity index (χ0v) is 4.09. The van der Waals surface area contributed by atoms with E-state index < -0.39 is 0 Å². The minimum Gasteiger partial charge on any atom is -0.307 e. The maximum atomic E-state index is 9.58. The molecule has 0 aromatic heterocycles. The van der Waals surface area contributed by atoms with E-state index in [4.69, 9.17) is 5.26 Å². The summed E-state index contributed by atoms with van der Waals surface area (Å²) in [6.07, 6.45) is 2.45. The molecule has 0 saturated carbocycles. The van der Waals surface area contributed by atoms with E-state index in [9.17, 15) is 4.79 Å². The fraction of sp³-hybridized carbons (Fsp3) is 0.500. The Balaban J connectivity index is 3.21. The number of carbonyl (C=O) groups excluding carboxylic acids is 1. The molecule has 0 fully saturated rings. The molecule has 0 aliphatic carbocycles. The second-order valence-electron chi connectivity index (χ2n) is 1.15. The second-order valence-corrected chi connectivity index (χ2v) is 1.15. The maximum absolute atomic E-state index is 9.58. The van der Waals surface area contributed by atoms with Gasteiger partial charge in [-0.1, -0.05) is 0 Å². The van der Waals surface area contributed by atoms with E-state index in [-0.39, 0.29) is 6.54 Å². The summed E-state index contributed by atoms with van der Waals surface area (Å²) in [4.78, 5) is 10.8. The van der Waals surface area contributed by atoms with Crippen molar-refractivity contribution in [1.29, 1.82) is 5.26 Å². The first-order valence-electron chi connectivity index (χ1n) is 1.85. The minimum absolute atomic E-state index is 0.191. The summed E-state index contributed by atoms with van der Waals surface area (Å²) >= 11 is 0. The second kappa shape index (κ2) is 3.16. The third-order valence-electron chi connectivity index (χ3n) is 0.519. The highest BCUT2D eigenvalue weighted by molar-refractivity contribution is 5.52. The van der Waals surface area contributed by atoms with E-state index in [0.717, 1.165) is 0 Å². The van der Waals surface area contributed by atoms with Crippen molar-refractivity contribution in [3.63, 3.8) is 0 Å². The highest BCUT2D eigenvalue weighted by atomic mass is 16.1. The molecule has 0 rings (SSSR count). The van der Waals surface area contributed by atoms with Crippen LogP contribution in [0.15, 0.2) is 0 Å². The van der Waals surface area contributed by atoms with Crippen molar-refractivity contribution in [2.45, 2.75) is 0 Å². The maximum Gasteiger partial charge on any atom is 0.179 e. The molecular formula is C4H6N2O. The van der Waals surface area contributed by atoms with E-state index >= 15 is 0 Å². The van der Waals surface area contributed by atoms with Gasteiger partial charge in [0.05, 0.1) is 6.54 Å². The Hall–Kier alpha value is -1.04. The lowest BCUT2D eigenvalue weighted by Gasteiger charge is -1.98. The summed E-state index contributed by atoms with van der Waals surface area (Å²) in [6.45, 7) is 0.191. The van der Waals surface area contributed by atoms with Gasteiger partial charge in [-0.3, -0.25) is 0 Å². The lowest BCUT2D eigenvalue weighted by atomic mass is 10.7. The van der Waals surface area contributed by atoms with Crippen molar-refractivity contribution >= 4 is 6.29 Å². The van der Waals surface area contributed by atoms with Crippen LogP contribution in [0.4, 0.5) is 0 Å². The smallest absolute Gasteiger partial charge is 0.179 e. The van der Waals surface area contributed by atoms with Crippen molar-refractivity contribution < 1.29 is 4.79 Å². The summed E-state index contributed by atoms with van der Waals surface area (Å²) in [5.41, 5.74) is 0. The van der Waals surface area contributed by atoms with E-state index in [1.165, 1.54) is 4.90 Å². The molecule has 0 aromatic rings. The Morgan fingerprint density at radius 3 is 2.71 bits per heavy atom. The molecule has 0 N–H and O–H groups in total. The zero-order valence-electron chi connectivity index (χ0n) is 4.09. The number of hydrogen-bond donors (Lipinski definition) is 0. The molecule has 0 saturated heterocycles. The number of nitrogens with zero attached hydrogens (tertiary/aromatic N) is 2. The van der Waals surface area contributed by atoms with Crippen molar-refractivity contribution in [3.05, 3.63) is 0 Å². The van der Waals surface area contributed by atoms with E-state index in [0.29, 0.717) is 6.29 Å². The van der Waals surface area contributed by atoms with Gasteiger partial charge in [-0.2, -0.15) is 5.26 Å². The number of aldehydes is 1. The van der Waals surface area contributed by atoms with Crippen LogP contribution >= 0.6 is 0 Å². The normalized spacial score (nSPS) is 6.86. The van der Waals surface area contributed by atoms with Gasteiger partial charge in [-0.15, -0.1) is 0 Å². The highest BCUT2D eigenvalue weighted by Crippen LogP contribution is 1.68. The van der Waals surface area contributed by atoms with Crippen LogP contribution in [0.1, 0.15) is 0 Å². The van der Waals surface area contributed by atoms with Crippen molar-refractivity contribution in [3.8, 4) is 6.19 Å². The fourth-order valence-corrected chi connectivity index (χ4v) is 0.153. The van der Waals surface area contributed by atoms with E-state index in [1.54, 1.807) is 13.2 Å². The largest absolute Gasteiger partial charge is 0.307 e. The Labute approximate surface area is 42.1 Å². The van der Waals surface area contributed by atoms with Crippen molar-refractivity contribution in [1.82, 2.24) is 4.90 Å². The number of nitriles is 1. The van der Waals surface area contributed by atoms with Crippen LogP contribution in [-0.4, -0.2) is 24.8 Å². The fourth-order valence-electron chi connectivity index (χ4n) is 0.153. The number of hydrogen-bond acceptors (Lipinski definition) is 3. The first-order valence-corrected chi connectivity index (χ1v) is 1.85. The van der Waals surface area contributed by atoms with Crippen LogP contribution in [-0.2, 0) is 4.79 Å². The molecule has 3 heteroatoms. The van der Waals surface area contributed by atoms with Gasteiger partial charge in [0.15, 0.2) is 6.19 Å². The molecule has 0 amide bonds. The number of rotatable bonds is 2. The van der Waals surface area contributed by atoms with Gasteiger partial charge < -0.3 is 9.69 Å². The molecule has 38 valence electrons. The third-order valence-corrected chi connectivity index (χ3v) is 0.519. The van der Waals surface area contributed by atoms with E-state index in [2.05, 4.69) is 0 Å². The van der Waals surface area contributed by atoms with Gasteiger partial charge in [0, 0.05) is 7.05 Å². The topological polar surface area (TPSA) is 44.1 Å². The predicted octanol–water partition coefficient (Wildman–Crippen LogP) is -0.402. The Kier molecular flexibility index (Phi) is 2.69. The third kappa shape index (κ3) is 2.77. The molecular weight excluding hydrogens is 92.1 g/mol.